The minimum Gasteiger partial charge on any atom is -0.444 e. The maximum absolute atomic E-state index is 12.2. The number of nitrogen functional groups attached to an aromatic ring is 1. The molecule has 1 aromatic heterocycles. The van der Waals surface area contributed by atoms with Gasteiger partial charge >= 0.3 is 6.09 Å². The molecule has 1 amide bonds. The van der Waals surface area contributed by atoms with Crippen LogP contribution in [-0.2, 0) is 4.74 Å². The smallest absolute Gasteiger partial charge is 0.410 e. The van der Waals surface area contributed by atoms with Gasteiger partial charge in [0.1, 0.15) is 23.1 Å². The number of hydrogen-bond donors (Lipinski definition) is 1. The molecule has 0 atom stereocenters. The Hall–Kier alpha value is -2.05. The molecule has 1 aromatic rings. The van der Waals surface area contributed by atoms with Gasteiger partial charge in [-0.15, -0.1) is 0 Å². The minimum absolute atomic E-state index is 0.174. The second-order valence-corrected chi connectivity index (χ2v) is 8.83. The van der Waals surface area contributed by atoms with Crippen molar-refractivity contribution in [3.8, 4) is 0 Å². The third kappa shape index (κ3) is 5.23. The first-order valence-electron chi connectivity index (χ1n) is 10.1. The summed E-state index contributed by atoms with van der Waals surface area (Å²) in [6.45, 7) is 11.3. The van der Waals surface area contributed by atoms with Gasteiger partial charge in [-0.1, -0.05) is 0 Å². The van der Waals surface area contributed by atoms with E-state index >= 15 is 0 Å². The Kier molecular flexibility index (Phi) is 5.77. The van der Waals surface area contributed by atoms with Crippen molar-refractivity contribution in [2.45, 2.75) is 59.0 Å². The maximum atomic E-state index is 12.2. The summed E-state index contributed by atoms with van der Waals surface area (Å²) >= 11 is 0. The quantitative estimate of drug-likeness (QED) is 0.854. The van der Waals surface area contributed by atoms with Crippen molar-refractivity contribution < 1.29 is 9.53 Å². The largest absolute Gasteiger partial charge is 0.444 e. The number of likely N-dealkylation sites (tertiary alicyclic amines) is 1. The molecule has 7 heteroatoms. The summed E-state index contributed by atoms with van der Waals surface area (Å²) in [7, 11) is 0. The van der Waals surface area contributed by atoms with Gasteiger partial charge in [0.15, 0.2) is 0 Å². The van der Waals surface area contributed by atoms with Gasteiger partial charge in [0, 0.05) is 32.2 Å². The highest BCUT2D eigenvalue weighted by atomic mass is 16.6. The molecule has 27 heavy (non-hydrogen) atoms. The molecule has 2 aliphatic rings. The van der Waals surface area contributed by atoms with Crippen molar-refractivity contribution in [2.24, 2.45) is 11.8 Å². The van der Waals surface area contributed by atoms with Crippen LogP contribution in [0.15, 0.2) is 6.07 Å². The third-order valence-corrected chi connectivity index (χ3v) is 5.57. The Labute approximate surface area is 162 Å². The van der Waals surface area contributed by atoms with E-state index < -0.39 is 5.60 Å². The van der Waals surface area contributed by atoms with Gasteiger partial charge in [-0.2, -0.15) is 0 Å². The topological polar surface area (TPSA) is 84.6 Å². The first-order valence-corrected chi connectivity index (χ1v) is 10.1. The number of anilines is 2. The highest BCUT2D eigenvalue weighted by Gasteiger charge is 2.32. The average Bonchev–Trinajstić information content (AvgIpc) is 2.60. The third-order valence-electron chi connectivity index (χ3n) is 5.57. The Balaban J connectivity index is 1.48. The van der Waals surface area contributed by atoms with Crippen molar-refractivity contribution in [1.29, 1.82) is 0 Å². The van der Waals surface area contributed by atoms with Crippen molar-refractivity contribution in [1.82, 2.24) is 14.9 Å². The molecule has 7 nitrogen and oxygen atoms in total. The molecule has 3 heterocycles. The van der Waals surface area contributed by atoms with Gasteiger partial charge in [-0.05, 0) is 65.2 Å². The summed E-state index contributed by atoms with van der Waals surface area (Å²) in [5.41, 5.74) is 5.44. The predicted octanol–water partition coefficient (Wildman–Crippen LogP) is 3.23. The molecule has 2 fully saturated rings. The second kappa shape index (κ2) is 7.90. The number of piperidine rings is 2. The summed E-state index contributed by atoms with van der Waals surface area (Å²) < 4.78 is 5.50. The number of hydrogen-bond acceptors (Lipinski definition) is 6. The monoisotopic (exact) mass is 375 g/mol. The Morgan fingerprint density at radius 2 is 1.63 bits per heavy atom. The van der Waals surface area contributed by atoms with Crippen LogP contribution in [0.1, 0.15) is 52.3 Å². The molecule has 2 saturated heterocycles. The number of rotatable bonds is 2. The molecular weight excluding hydrogens is 342 g/mol. The Morgan fingerprint density at radius 1 is 1.07 bits per heavy atom. The normalized spacial score (nSPS) is 20.0. The number of carbonyl (C=O) groups excluding carboxylic acids is 1. The van der Waals surface area contributed by atoms with Crippen molar-refractivity contribution in [2.75, 3.05) is 36.8 Å². The van der Waals surface area contributed by atoms with E-state index in [1.807, 2.05) is 38.7 Å². The van der Waals surface area contributed by atoms with Crippen LogP contribution in [0.2, 0.25) is 0 Å². The van der Waals surface area contributed by atoms with E-state index in [2.05, 4.69) is 14.9 Å². The number of nitrogens with zero attached hydrogens (tertiary/aromatic N) is 4. The standard InChI is InChI=1S/C20H33N5O2/c1-14-22-17(21)13-18(23-14)24-9-5-15(6-10-24)16-7-11-25(12-8-16)19(26)27-20(2,3)4/h13,15-16H,5-12H2,1-4H3,(H2,21,22,23). The Morgan fingerprint density at radius 3 is 2.15 bits per heavy atom. The molecule has 2 aliphatic heterocycles. The summed E-state index contributed by atoms with van der Waals surface area (Å²) in [5.74, 6) is 3.62. The summed E-state index contributed by atoms with van der Waals surface area (Å²) in [6, 6.07) is 1.87. The van der Waals surface area contributed by atoms with Crippen molar-refractivity contribution in [3.05, 3.63) is 11.9 Å². The SMILES string of the molecule is Cc1nc(N)cc(N2CCC(C3CCN(C(=O)OC(C)(C)C)CC3)CC2)n1. The van der Waals surface area contributed by atoms with Crippen molar-refractivity contribution in [3.63, 3.8) is 0 Å². The van der Waals surface area contributed by atoms with Gasteiger partial charge in [0.25, 0.3) is 0 Å². The van der Waals surface area contributed by atoms with Crippen LogP contribution in [0.4, 0.5) is 16.4 Å². The van der Waals surface area contributed by atoms with Gasteiger partial charge in [0.05, 0.1) is 0 Å². The molecule has 0 radical (unpaired) electrons. The molecule has 0 bridgehead atoms. The lowest BCUT2D eigenvalue weighted by atomic mass is 9.79. The lowest BCUT2D eigenvalue weighted by molar-refractivity contribution is 0.0152. The van der Waals surface area contributed by atoms with E-state index in [1.165, 1.54) is 12.8 Å². The van der Waals surface area contributed by atoms with Crippen LogP contribution in [0.5, 0.6) is 0 Å². The fraction of sp³-hybridized carbons (Fsp3) is 0.750. The molecule has 0 aliphatic carbocycles. The van der Waals surface area contributed by atoms with Crippen LogP contribution in [-0.4, -0.2) is 52.7 Å². The molecular formula is C20H33N5O2. The zero-order chi connectivity index (χ0) is 19.6. The van der Waals surface area contributed by atoms with E-state index in [1.54, 1.807) is 0 Å². The number of aromatic nitrogens is 2. The van der Waals surface area contributed by atoms with Gasteiger partial charge < -0.3 is 20.3 Å². The molecule has 2 N–H and O–H groups in total. The molecule has 150 valence electrons. The van der Waals surface area contributed by atoms with E-state index in [4.69, 9.17) is 10.5 Å². The number of nitrogens with two attached hydrogens (primary N) is 1. The number of carbonyl (C=O) groups is 1. The van der Waals surface area contributed by atoms with E-state index in [-0.39, 0.29) is 6.09 Å². The predicted molar refractivity (Wildman–Crippen MR) is 107 cm³/mol. The average molecular weight is 376 g/mol. The van der Waals surface area contributed by atoms with Gasteiger partial charge in [-0.25, -0.2) is 14.8 Å². The first-order chi connectivity index (χ1) is 12.7. The molecule has 3 rings (SSSR count). The van der Waals surface area contributed by atoms with Crippen LogP contribution in [0.3, 0.4) is 0 Å². The van der Waals surface area contributed by atoms with Crippen LogP contribution < -0.4 is 10.6 Å². The van der Waals surface area contributed by atoms with Crippen LogP contribution in [0.25, 0.3) is 0 Å². The Bertz CT molecular complexity index is 637. The summed E-state index contributed by atoms with van der Waals surface area (Å²) in [4.78, 5) is 25.1. The number of amides is 1. The fourth-order valence-corrected chi connectivity index (χ4v) is 4.22. The van der Waals surface area contributed by atoms with Crippen LogP contribution in [0, 0.1) is 18.8 Å². The fourth-order valence-electron chi connectivity index (χ4n) is 4.22. The number of aryl methyl sites for hydroxylation is 1. The van der Waals surface area contributed by atoms with Crippen LogP contribution >= 0.6 is 0 Å². The van der Waals surface area contributed by atoms with Gasteiger partial charge in [0.2, 0.25) is 0 Å². The lowest BCUT2D eigenvalue weighted by Gasteiger charge is -2.40. The van der Waals surface area contributed by atoms with Crippen molar-refractivity contribution >= 4 is 17.7 Å². The zero-order valence-electron chi connectivity index (χ0n) is 17.1. The van der Waals surface area contributed by atoms with E-state index in [0.29, 0.717) is 11.7 Å². The highest BCUT2D eigenvalue weighted by Crippen LogP contribution is 2.34. The molecule has 0 saturated carbocycles. The molecule has 0 spiro atoms. The lowest BCUT2D eigenvalue weighted by Crippen LogP contribution is -2.44. The molecule has 0 unspecified atom stereocenters. The second-order valence-electron chi connectivity index (χ2n) is 8.83. The maximum Gasteiger partial charge on any atom is 0.410 e. The summed E-state index contributed by atoms with van der Waals surface area (Å²) in [5, 5.41) is 0. The first kappa shape index (κ1) is 19.7. The highest BCUT2D eigenvalue weighted by molar-refractivity contribution is 5.68. The molecule has 0 aromatic carbocycles. The van der Waals surface area contributed by atoms with E-state index in [0.717, 1.165) is 56.6 Å². The van der Waals surface area contributed by atoms with Gasteiger partial charge in [-0.3, -0.25) is 0 Å². The van der Waals surface area contributed by atoms with E-state index in [9.17, 15) is 4.79 Å². The number of ether oxygens (including phenoxy) is 1. The zero-order valence-corrected chi connectivity index (χ0v) is 17.1. The minimum atomic E-state index is -0.427. The summed E-state index contributed by atoms with van der Waals surface area (Å²) in [6.07, 6.45) is 4.31.